The second-order valence-electron chi connectivity index (χ2n) is 5.37. The molecule has 2 aromatic carbocycles. The molecule has 0 aliphatic rings. The molecule has 0 unspecified atom stereocenters. The first-order valence-corrected chi connectivity index (χ1v) is 9.39. The Labute approximate surface area is 166 Å². The van der Waals surface area contributed by atoms with Crippen LogP contribution < -0.4 is 5.32 Å². The second-order valence-corrected chi connectivity index (χ2v) is 7.38. The monoisotopic (exact) mass is 453 g/mol. The van der Waals surface area contributed by atoms with Gasteiger partial charge in [-0.05, 0) is 36.4 Å². The van der Waals surface area contributed by atoms with E-state index < -0.39 is 17.7 Å². The number of nitrogens with zero attached hydrogens (tertiary/aromatic N) is 2. The molecule has 0 aliphatic carbocycles. The third-order valence-electron chi connectivity index (χ3n) is 3.44. The zero-order valence-corrected chi connectivity index (χ0v) is 16.5. The van der Waals surface area contributed by atoms with E-state index in [0.29, 0.717) is 10.7 Å². The van der Waals surface area contributed by atoms with Gasteiger partial charge in [0.05, 0.1) is 0 Å². The number of aromatic nitrogens is 2. The van der Waals surface area contributed by atoms with Gasteiger partial charge < -0.3 is 10.1 Å². The van der Waals surface area contributed by atoms with Gasteiger partial charge in [-0.1, -0.05) is 33.8 Å². The molecule has 0 saturated heterocycles. The van der Waals surface area contributed by atoms with Crippen LogP contribution in [0.4, 0.5) is 13.6 Å². The number of alkyl carbamates (subject to hydrolysis) is 1. The molecular formula is C18H14BrF2N3O2S. The molecule has 0 aliphatic heterocycles. The minimum absolute atomic E-state index is 0.0290. The van der Waals surface area contributed by atoms with Gasteiger partial charge in [-0.15, -0.1) is 0 Å². The summed E-state index contributed by atoms with van der Waals surface area (Å²) in [6.07, 6.45) is -0.609. The minimum atomic E-state index is -0.616. The highest BCUT2D eigenvalue weighted by molar-refractivity contribution is 9.10. The summed E-state index contributed by atoms with van der Waals surface area (Å²) >= 11 is 4.73. The van der Waals surface area contributed by atoms with E-state index in [1.165, 1.54) is 23.5 Å². The number of hydrogen-bond donors (Lipinski definition) is 1. The Balaban J connectivity index is 1.99. The van der Waals surface area contributed by atoms with E-state index in [0.717, 1.165) is 27.6 Å². The van der Waals surface area contributed by atoms with E-state index in [9.17, 15) is 13.6 Å². The lowest BCUT2D eigenvalue weighted by Gasteiger charge is -2.08. The first-order valence-electron chi connectivity index (χ1n) is 7.78. The number of halogens is 3. The van der Waals surface area contributed by atoms with Crippen molar-refractivity contribution in [2.45, 2.75) is 16.5 Å². The van der Waals surface area contributed by atoms with Crippen LogP contribution in [0.15, 0.2) is 62.9 Å². The van der Waals surface area contributed by atoms with Crippen molar-refractivity contribution in [1.82, 2.24) is 15.1 Å². The van der Waals surface area contributed by atoms with Crippen molar-refractivity contribution in [1.29, 1.82) is 0 Å². The van der Waals surface area contributed by atoms with Crippen molar-refractivity contribution < 1.29 is 18.3 Å². The molecule has 9 heteroatoms. The molecule has 3 aromatic rings. The Kier molecular flexibility index (Phi) is 6.12. The number of hydrogen-bond acceptors (Lipinski definition) is 4. The van der Waals surface area contributed by atoms with Crippen molar-refractivity contribution in [3.63, 3.8) is 0 Å². The Morgan fingerprint density at radius 2 is 2.07 bits per heavy atom. The largest absolute Gasteiger partial charge is 0.443 e. The predicted octanol–water partition coefficient (Wildman–Crippen LogP) is 4.92. The Bertz CT molecular complexity index is 981. The molecule has 0 radical (unpaired) electrons. The SMILES string of the molecule is CNC(=O)OCc1cc(Sc2cccc(Br)c2)n(-c2cc(F)ccc2F)n1. The number of nitrogens with one attached hydrogen (secondary N) is 1. The fourth-order valence-electron chi connectivity index (χ4n) is 2.24. The minimum Gasteiger partial charge on any atom is -0.443 e. The predicted molar refractivity (Wildman–Crippen MR) is 101 cm³/mol. The number of carbonyl (C=O) groups excluding carboxylic acids is 1. The van der Waals surface area contributed by atoms with Crippen molar-refractivity contribution in [2.24, 2.45) is 0 Å². The standard InChI is InChI=1S/C18H14BrF2N3O2S/c1-22-18(25)26-10-13-9-17(27-14-4-2-3-11(19)7-14)24(23-13)16-8-12(20)5-6-15(16)21/h2-9H,10H2,1H3,(H,22,25). The maximum atomic E-state index is 14.3. The van der Waals surface area contributed by atoms with E-state index in [4.69, 9.17) is 4.74 Å². The van der Waals surface area contributed by atoms with Gasteiger partial charge in [-0.25, -0.2) is 18.3 Å². The van der Waals surface area contributed by atoms with Gasteiger partial charge >= 0.3 is 6.09 Å². The van der Waals surface area contributed by atoms with Crippen molar-refractivity contribution >= 4 is 33.8 Å². The lowest BCUT2D eigenvalue weighted by molar-refractivity contribution is 0.140. The zero-order chi connectivity index (χ0) is 19.4. The molecule has 27 heavy (non-hydrogen) atoms. The molecule has 0 fully saturated rings. The van der Waals surface area contributed by atoms with E-state index in [-0.39, 0.29) is 12.3 Å². The molecule has 0 saturated carbocycles. The van der Waals surface area contributed by atoms with Gasteiger partial charge in [0.1, 0.15) is 34.6 Å². The lowest BCUT2D eigenvalue weighted by atomic mass is 10.3. The quantitative estimate of drug-likeness (QED) is 0.595. The fraction of sp³-hybridized carbons (Fsp3) is 0.111. The Morgan fingerprint density at radius 3 is 2.81 bits per heavy atom. The molecule has 1 heterocycles. The second kappa shape index (κ2) is 8.53. The van der Waals surface area contributed by atoms with Gasteiger partial charge in [-0.3, -0.25) is 0 Å². The van der Waals surface area contributed by atoms with Gasteiger partial charge in [0.25, 0.3) is 0 Å². The van der Waals surface area contributed by atoms with Crippen LogP contribution in [0.1, 0.15) is 5.69 Å². The molecule has 1 aromatic heterocycles. The van der Waals surface area contributed by atoms with Gasteiger partial charge in [0.15, 0.2) is 0 Å². The lowest BCUT2D eigenvalue weighted by Crippen LogP contribution is -2.19. The summed E-state index contributed by atoms with van der Waals surface area (Å²) < 4.78 is 35.1. The summed E-state index contributed by atoms with van der Waals surface area (Å²) in [5.41, 5.74) is 0.374. The third kappa shape index (κ3) is 4.86. The summed E-state index contributed by atoms with van der Waals surface area (Å²) in [6, 6.07) is 12.3. The Hall–Kier alpha value is -2.39. The number of amides is 1. The molecule has 5 nitrogen and oxygen atoms in total. The van der Waals surface area contributed by atoms with E-state index in [2.05, 4.69) is 26.3 Å². The maximum Gasteiger partial charge on any atom is 0.407 e. The molecule has 0 bridgehead atoms. The summed E-state index contributed by atoms with van der Waals surface area (Å²) in [7, 11) is 1.44. The summed E-state index contributed by atoms with van der Waals surface area (Å²) in [6.45, 7) is -0.102. The van der Waals surface area contributed by atoms with Crippen LogP contribution >= 0.6 is 27.7 Å². The van der Waals surface area contributed by atoms with Gasteiger partial charge in [-0.2, -0.15) is 5.10 Å². The highest BCUT2D eigenvalue weighted by Gasteiger charge is 2.16. The van der Waals surface area contributed by atoms with E-state index >= 15 is 0 Å². The summed E-state index contributed by atoms with van der Waals surface area (Å²) in [5.74, 6) is -1.20. The number of carbonyl (C=O) groups is 1. The highest BCUT2D eigenvalue weighted by atomic mass is 79.9. The molecule has 140 valence electrons. The van der Waals surface area contributed by atoms with Crippen LogP contribution in [0.25, 0.3) is 5.69 Å². The maximum absolute atomic E-state index is 14.3. The number of rotatable bonds is 5. The molecular weight excluding hydrogens is 440 g/mol. The van der Waals surface area contributed by atoms with E-state index in [1.807, 2.05) is 24.3 Å². The smallest absolute Gasteiger partial charge is 0.407 e. The van der Waals surface area contributed by atoms with E-state index in [1.54, 1.807) is 6.07 Å². The van der Waals surface area contributed by atoms with Crippen molar-refractivity contribution in [2.75, 3.05) is 7.05 Å². The number of benzene rings is 2. The van der Waals surface area contributed by atoms with Crippen LogP contribution in [0.2, 0.25) is 0 Å². The van der Waals surface area contributed by atoms with Crippen LogP contribution in [0, 0.1) is 11.6 Å². The summed E-state index contributed by atoms with van der Waals surface area (Å²) in [5, 5.41) is 7.16. The molecule has 0 spiro atoms. The average Bonchev–Trinajstić information content (AvgIpc) is 3.04. The molecule has 0 atom stereocenters. The first kappa shape index (κ1) is 19.4. The van der Waals surface area contributed by atoms with Crippen molar-refractivity contribution in [3.05, 3.63) is 70.3 Å². The van der Waals surface area contributed by atoms with Gasteiger partial charge in [0, 0.05) is 22.5 Å². The zero-order valence-electron chi connectivity index (χ0n) is 14.1. The topological polar surface area (TPSA) is 56.1 Å². The highest BCUT2D eigenvalue weighted by Crippen LogP contribution is 2.32. The van der Waals surface area contributed by atoms with Crippen LogP contribution in [-0.2, 0) is 11.3 Å². The average molecular weight is 454 g/mol. The molecule has 1 N–H and O–H groups in total. The molecule has 3 rings (SSSR count). The Morgan fingerprint density at radius 1 is 1.26 bits per heavy atom. The molecule has 1 amide bonds. The normalized spacial score (nSPS) is 10.7. The van der Waals surface area contributed by atoms with Crippen LogP contribution in [-0.4, -0.2) is 22.9 Å². The van der Waals surface area contributed by atoms with Gasteiger partial charge in [0.2, 0.25) is 0 Å². The number of ether oxygens (including phenoxy) is 1. The van der Waals surface area contributed by atoms with Crippen LogP contribution in [0.5, 0.6) is 0 Å². The fourth-order valence-corrected chi connectivity index (χ4v) is 3.78. The summed E-state index contributed by atoms with van der Waals surface area (Å²) in [4.78, 5) is 12.2. The van der Waals surface area contributed by atoms with Crippen LogP contribution in [0.3, 0.4) is 0 Å². The first-order chi connectivity index (χ1) is 13.0. The third-order valence-corrected chi connectivity index (χ3v) is 4.92. The van der Waals surface area contributed by atoms with Crippen molar-refractivity contribution in [3.8, 4) is 5.69 Å².